The van der Waals surface area contributed by atoms with E-state index in [-0.39, 0.29) is 29.3 Å². The van der Waals surface area contributed by atoms with Gasteiger partial charge in [0.15, 0.2) is 0 Å². The predicted octanol–water partition coefficient (Wildman–Crippen LogP) is 1.26. The van der Waals surface area contributed by atoms with Crippen LogP contribution in [0.4, 0.5) is 0 Å². The molecule has 0 spiro atoms. The van der Waals surface area contributed by atoms with Crippen molar-refractivity contribution >= 4 is 5.97 Å². The topological polar surface area (TPSA) is 66.8 Å². The Bertz CT molecular complexity index is 432. The first kappa shape index (κ1) is 13.1. The van der Waals surface area contributed by atoms with E-state index in [0.717, 1.165) is 6.42 Å². The molecular weight excluding hydrogens is 244 g/mol. The summed E-state index contributed by atoms with van der Waals surface area (Å²) in [5, 5.41) is 20.4. The van der Waals surface area contributed by atoms with Crippen LogP contribution in [-0.2, 0) is 9.53 Å². The first-order valence-electron chi connectivity index (χ1n) is 7.10. The van der Waals surface area contributed by atoms with Crippen molar-refractivity contribution in [1.82, 2.24) is 0 Å². The number of rotatable bonds is 0. The molecule has 2 aliphatic carbocycles. The third-order valence-corrected chi connectivity index (χ3v) is 5.75. The third kappa shape index (κ3) is 1.69. The van der Waals surface area contributed by atoms with Crippen LogP contribution in [0, 0.1) is 23.2 Å². The molecule has 0 radical (unpaired) electrons. The number of aliphatic hydroxyl groups is 2. The van der Waals surface area contributed by atoms with Crippen LogP contribution in [-0.4, -0.2) is 34.5 Å². The SMILES string of the molecule is C=C1C(=O)O[C@@H]2C[C@@H](C)[C@@H]3C[C@@H](O)[C@H](O)[C@@]3(C)C[C@H]12. The van der Waals surface area contributed by atoms with E-state index in [0.29, 0.717) is 24.3 Å². The summed E-state index contributed by atoms with van der Waals surface area (Å²) in [5.41, 5.74) is 0.183. The molecule has 4 nitrogen and oxygen atoms in total. The van der Waals surface area contributed by atoms with Gasteiger partial charge in [-0.15, -0.1) is 0 Å². The van der Waals surface area contributed by atoms with Gasteiger partial charge in [-0.2, -0.15) is 0 Å². The molecule has 1 saturated heterocycles. The van der Waals surface area contributed by atoms with E-state index in [1.54, 1.807) is 0 Å². The number of fused-ring (bicyclic) bond motifs is 2. The number of carbonyl (C=O) groups is 1. The summed E-state index contributed by atoms with van der Waals surface area (Å²) in [6.07, 6.45) is 0.646. The van der Waals surface area contributed by atoms with Gasteiger partial charge in [0.25, 0.3) is 0 Å². The van der Waals surface area contributed by atoms with Crippen LogP contribution in [0.3, 0.4) is 0 Å². The maximum absolute atomic E-state index is 11.7. The average molecular weight is 266 g/mol. The smallest absolute Gasteiger partial charge is 0.334 e. The largest absolute Gasteiger partial charge is 0.458 e. The lowest BCUT2D eigenvalue weighted by Gasteiger charge is -2.36. The van der Waals surface area contributed by atoms with Gasteiger partial charge in [-0.3, -0.25) is 0 Å². The molecule has 2 saturated carbocycles. The van der Waals surface area contributed by atoms with Crippen LogP contribution < -0.4 is 0 Å². The molecule has 106 valence electrons. The number of ether oxygens (including phenoxy) is 1. The Morgan fingerprint density at radius 3 is 2.74 bits per heavy atom. The van der Waals surface area contributed by atoms with Gasteiger partial charge in [-0.1, -0.05) is 20.4 Å². The zero-order valence-electron chi connectivity index (χ0n) is 11.5. The minimum absolute atomic E-state index is 0.00935. The average Bonchev–Trinajstić information content (AvgIpc) is 2.68. The van der Waals surface area contributed by atoms with Crippen LogP contribution in [0.25, 0.3) is 0 Å². The van der Waals surface area contributed by atoms with Gasteiger partial charge >= 0.3 is 5.97 Å². The van der Waals surface area contributed by atoms with E-state index >= 15 is 0 Å². The molecule has 3 rings (SSSR count). The molecule has 3 fully saturated rings. The summed E-state index contributed by atoms with van der Waals surface area (Å²) in [4.78, 5) is 11.7. The second kappa shape index (κ2) is 4.06. The van der Waals surface area contributed by atoms with Crippen molar-refractivity contribution in [3.8, 4) is 0 Å². The number of hydrogen-bond donors (Lipinski definition) is 2. The summed E-state index contributed by atoms with van der Waals surface area (Å²) in [7, 11) is 0. The molecule has 0 bridgehead atoms. The van der Waals surface area contributed by atoms with Crippen LogP contribution in [0.1, 0.15) is 33.1 Å². The van der Waals surface area contributed by atoms with E-state index in [1.807, 2.05) is 6.92 Å². The Morgan fingerprint density at radius 1 is 1.37 bits per heavy atom. The molecule has 0 aromatic rings. The third-order valence-electron chi connectivity index (χ3n) is 5.75. The Balaban J connectivity index is 1.97. The zero-order chi connectivity index (χ0) is 13.9. The van der Waals surface area contributed by atoms with E-state index < -0.39 is 12.2 Å². The van der Waals surface area contributed by atoms with E-state index in [9.17, 15) is 15.0 Å². The molecule has 7 atom stereocenters. The molecule has 1 aliphatic heterocycles. The van der Waals surface area contributed by atoms with Crippen molar-refractivity contribution in [2.24, 2.45) is 23.2 Å². The lowest BCUT2D eigenvalue weighted by atomic mass is 9.69. The number of esters is 1. The fraction of sp³-hybridized carbons (Fsp3) is 0.800. The molecule has 0 aromatic carbocycles. The van der Waals surface area contributed by atoms with Crippen molar-refractivity contribution < 1.29 is 19.7 Å². The minimum atomic E-state index is -0.720. The highest BCUT2D eigenvalue weighted by Gasteiger charge is 2.58. The normalized spacial score (nSPS) is 53.5. The first-order valence-corrected chi connectivity index (χ1v) is 7.10. The summed E-state index contributed by atoms with van der Waals surface area (Å²) >= 11 is 0. The van der Waals surface area contributed by atoms with Crippen molar-refractivity contribution in [1.29, 1.82) is 0 Å². The molecule has 4 heteroatoms. The van der Waals surface area contributed by atoms with Crippen molar-refractivity contribution in [3.63, 3.8) is 0 Å². The Hall–Kier alpha value is -0.870. The zero-order valence-corrected chi connectivity index (χ0v) is 11.5. The predicted molar refractivity (Wildman–Crippen MR) is 69.1 cm³/mol. The van der Waals surface area contributed by atoms with Crippen LogP contribution in [0.2, 0.25) is 0 Å². The maximum Gasteiger partial charge on any atom is 0.334 e. The molecule has 0 aromatic heterocycles. The Labute approximate surface area is 113 Å². The molecule has 1 heterocycles. The first-order chi connectivity index (χ1) is 8.84. The Kier molecular flexibility index (Phi) is 2.81. The summed E-state index contributed by atoms with van der Waals surface area (Å²) in [6.45, 7) is 8.02. The van der Waals surface area contributed by atoms with Crippen molar-refractivity contribution in [2.45, 2.75) is 51.4 Å². The van der Waals surface area contributed by atoms with E-state index in [1.165, 1.54) is 0 Å². The van der Waals surface area contributed by atoms with Crippen LogP contribution in [0.15, 0.2) is 12.2 Å². The van der Waals surface area contributed by atoms with Crippen LogP contribution in [0.5, 0.6) is 0 Å². The van der Waals surface area contributed by atoms with Crippen molar-refractivity contribution in [2.75, 3.05) is 0 Å². The van der Waals surface area contributed by atoms with Gasteiger partial charge < -0.3 is 14.9 Å². The number of carbonyl (C=O) groups excluding carboxylic acids is 1. The Morgan fingerprint density at radius 2 is 2.05 bits per heavy atom. The van der Waals surface area contributed by atoms with Crippen LogP contribution >= 0.6 is 0 Å². The van der Waals surface area contributed by atoms with Gasteiger partial charge in [-0.25, -0.2) is 4.79 Å². The standard InChI is InChI=1S/C15H22O4/c1-7-4-12-9(8(2)14(18)19-12)6-15(3)10(7)5-11(16)13(15)17/h7,9-13,16-17H,2,4-6H2,1,3H3/t7-,9-,10+,11-,12-,13+,15+/m1/s1. The molecule has 0 amide bonds. The van der Waals surface area contributed by atoms with Crippen molar-refractivity contribution in [3.05, 3.63) is 12.2 Å². The van der Waals surface area contributed by atoms with E-state index in [4.69, 9.17) is 4.74 Å². The van der Waals surface area contributed by atoms with E-state index in [2.05, 4.69) is 13.5 Å². The van der Waals surface area contributed by atoms with Gasteiger partial charge in [0, 0.05) is 11.5 Å². The van der Waals surface area contributed by atoms with Gasteiger partial charge in [0.05, 0.1) is 12.2 Å². The quantitative estimate of drug-likeness (QED) is 0.512. The summed E-state index contributed by atoms with van der Waals surface area (Å²) < 4.78 is 5.42. The second-order valence-corrected chi connectivity index (χ2v) is 6.85. The second-order valence-electron chi connectivity index (χ2n) is 6.85. The highest BCUT2D eigenvalue weighted by molar-refractivity contribution is 5.90. The number of aliphatic hydroxyl groups excluding tert-OH is 2. The molecule has 3 aliphatic rings. The van der Waals surface area contributed by atoms with Gasteiger partial charge in [-0.05, 0) is 36.5 Å². The fourth-order valence-corrected chi connectivity index (χ4v) is 4.61. The van der Waals surface area contributed by atoms with Gasteiger partial charge in [0.1, 0.15) is 6.10 Å². The molecular formula is C15H22O4. The van der Waals surface area contributed by atoms with Gasteiger partial charge in [0.2, 0.25) is 0 Å². The minimum Gasteiger partial charge on any atom is -0.458 e. The summed E-state index contributed by atoms with van der Waals surface area (Å²) in [5.74, 6) is 0.294. The highest BCUT2D eigenvalue weighted by Crippen LogP contribution is 2.56. The molecule has 0 unspecified atom stereocenters. The lowest BCUT2D eigenvalue weighted by Crippen LogP contribution is -2.38. The monoisotopic (exact) mass is 266 g/mol. The fourth-order valence-electron chi connectivity index (χ4n) is 4.61. The molecule has 19 heavy (non-hydrogen) atoms. The maximum atomic E-state index is 11.7. The number of hydrogen-bond acceptors (Lipinski definition) is 4. The summed E-state index contributed by atoms with van der Waals surface area (Å²) in [6, 6.07) is 0. The lowest BCUT2D eigenvalue weighted by molar-refractivity contribution is -0.139. The highest BCUT2D eigenvalue weighted by atomic mass is 16.6. The molecule has 2 N–H and O–H groups in total.